The lowest BCUT2D eigenvalue weighted by atomic mass is 9.99. The second-order valence-electron chi connectivity index (χ2n) is 5.24. The van der Waals surface area contributed by atoms with Crippen molar-refractivity contribution in [2.45, 2.75) is 38.1 Å². The molecule has 1 nitrogen and oxygen atoms in total. The quantitative estimate of drug-likeness (QED) is 0.739. The molecule has 0 aromatic heterocycles. The Balaban J connectivity index is 1.94. The van der Waals surface area contributed by atoms with Gasteiger partial charge in [0.05, 0.1) is 5.02 Å². The van der Waals surface area contributed by atoms with E-state index in [0.29, 0.717) is 17.0 Å². The van der Waals surface area contributed by atoms with Gasteiger partial charge in [-0.05, 0) is 55.5 Å². The number of hydrogen-bond acceptors (Lipinski definition) is 1. The van der Waals surface area contributed by atoms with Crippen LogP contribution >= 0.6 is 11.6 Å². The van der Waals surface area contributed by atoms with Crippen LogP contribution in [0.1, 0.15) is 36.8 Å². The highest BCUT2D eigenvalue weighted by Gasteiger charge is 2.36. The Hall–Kier alpha value is -0.600. The van der Waals surface area contributed by atoms with Crippen molar-refractivity contribution in [1.82, 2.24) is 4.90 Å². The molecule has 92 valence electrons. The zero-order chi connectivity index (χ0) is 12.0. The summed E-state index contributed by atoms with van der Waals surface area (Å²) in [6.07, 6.45) is 3.61. The molecule has 1 aromatic carbocycles. The molecule has 1 fully saturated rings. The SMILES string of the molecule is C[C@@H]1c2c(ccc(F)c2Cl)C[C@H]1N1CCCC1. The maximum absolute atomic E-state index is 13.5. The van der Waals surface area contributed by atoms with Gasteiger partial charge in [-0.3, -0.25) is 4.90 Å². The van der Waals surface area contributed by atoms with E-state index in [1.165, 1.54) is 37.6 Å². The Kier molecular flexibility index (Phi) is 2.87. The van der Waals surface area contributed by atoms with Gasteiger partial charge in [0.25, 0.3) is 0 Å². The highest BCUT2D eigenvalue weighted by molar-refractivity contribution is 6.31. The van der Waals surface area contributed by atoms with E-state index in [4.69, 9.17) is 11.6 Å². The Bertz CT molecular complexity index is 440. The summed E-state index contributed by atoms with van der Waals surface area (Å²) < 4.78 is 13.5. The fraction of sp³-hybridized carbons (Fsp3) is 0.571. The summed E-state index contributed by atoms with van der Waals surface area (Å²) in [5, 5.41) is 0.344. The fourth-order valence-electron chi connectivity index (χ4n) is 3.39. The van der Waals surface area contributed by atoms with E-state index in [9.17, 15) is 4.39 Å². The summed E-state index contributed by atoms with van der Waals surface area (Å²) in [4.78, 5) is 2.54. The standard InChI is InChI=1S/C14H17ClFN/c1-9-12(17-6-2-3-7-17)8-10-4-5-11(16)14(15)13(9)10/h4-5,9,12H,2-3,6-8H2,1H3/t9-,12+/m0/s1. The maximum atomic E-state index is 13.5. The molecule has 1 aromatic rings. The summed E-state index contributed by atoms with van der Waals surface area (Å²) in [5.74, 6) is 0.0747. The van der Waals surface area contributed by atoms with Gasteiger partial charge in [0.1, 0.15) is 5.82 Å². The predicted octanol–water partition coefficient (Wildman–Crippen LogP) is 3.60. The largest absolute Gasteiger partial charge is 0.299 e. The van der Waals surface area contributed by atoms with Crippen molar-refractivity contribution in [1.29, 1.82) is 0 Å². The second kappa shape index (κ2) is 4.25. The topological polar surface area (TPSA) is 3.24 Å². The maximum Gasteiger partial charge on any atom is 0.142 e. The molecule has 0 spiro atoms. The molecule has 3 rings (SSSR count). The lowest BCUT2D eigenvalue weighted by molar-refractivity contribution is 0.227. The van der Waals surface area contributed by atoms with E-state index in [1.807, 2.05) is 6.07 Å². The summed E-state index contributed by atoms with van der Waals surface area (Å²) in [6.45, 7) is 4.55. The first-order chi connectivity index (χ1) is 8.18. The fourth-order valence-corrected chi connectivity index (χ4v) is 3.75. The van der Waals surface area contributed by atoms with Crippen molar-refractivity contribution in [2.24, 2.45) is 0 Å². The highest BCUT2D eigenvalue weighted by atomic mass is 35.5. The molecule has 1 saturated heterocycles. The molecule has 0 radical (unpaired) electrons. The normalized spacial score (nSPS) is 28.6. The van der Waals surface area contributed by atoms with Gasteiger partial charge < -0.3 is 0 Å². The summed E-state index contributed by atoms with van der Waals surface area (Å²) >= 11 is 6.11. The van der Waals surface area contributed by atoms with Gasteiger partial charge in [-0.15, -0.1) is 0 Å². The highest BCUT2D eigenvalue weighted by Crippen LogP contribution is 2.41. The van der Waals surface area contributed by atoms with Crippen LogP contribution in [0.25, 0.3) is 0 Å². The van der Waals surface area contributed by atoms with Crippen LogP contribution in [-0.4, -0.2) is 24.0 Å². The average Bonchev–Trinajstić information content (AvgIpc) is 2.91. The summed E-state index contributed by atoms with van der Waals surface area (Å²) in [6, 6.07) is 3.93. The van der Waals surface area contributed by atoms with E-state index in [2.05, 4.69) is 11.8 Å². The summed E-state index contributed by atoms with van der Waals surface area (Å²) in [5.41, 5.74) is 2.28. The lowest BCUT2D eigenvalue weighted by Crippen LogP contribution is -2.35. The number of benzene rings is 1. The molecule has 0 bridgehead atoms. The smallest absolute Gasteiger partial charge is 0.142 e. The second-order valence-corrected chi connectivity index (χ2v) is 5.62. The van der Waals surface area contributed by atoms with Crippen molar-refractivity contribution in [3.63, 3.8) is 0 Å². The van der Waals surface area contributed by atoms with Crippen LogP contribution in [0, 0.1) is 5.82 Å². The van der Waals surface area contributed by atoms with Crippen LogP contribution in [0.15, 0.2) is 12.1 Å². The minimum absolute atomic E-state index is 0.278. The third-order valence-corrected chi connectivity index (χ3v) is 4.68. The molecule has 0 unspecified atom stereocenters. The molecule has 1 aliphatic heterocycles. The van der Waals surface area contributed by atoms with Gasteiger partial charge in [0, 0.05) is 6.04 Å². The van der Waals surface area contributed by atoms with Crippen molar-refractivity contribution >= 4 is 11.6 Å². The van der Waals surface area contributed by atoms with Crippen LogP contribution < -0.4 is 0 Å². The molecule has 2 atom stereocenters. The minimum atomic E-state index is -0.278. The van der Waals surface area contributed by atoms with Crippen molar-refractivity contribution in [2.75, 3.05) is 13.1 Å². The third kappa shape index (κ3) is 1.78. The van der Waals surface area contributed by atoms with Gasteiger partial charge >= 0.3 is 0 Å². The number of rotatable bonds is 1. The van der Waals surface area contributed by atoms with Crippen LogP contribution in [0.3, 0.4) is 0 Å². The van der Waals surface area contributed by atoms with Crippen molar-refractivity contribution < 1.29 is 4.39 Å². The molecule has 0 N–H and O–H groups in total. The molecule has 2 aliphatic rings. The third-order valence-electron chi connectivity index (χ3n) is 4.29. The zero-order valence-corrected chi connectivity index (χ0v) is 10.8. The van der Waals surface area contributed by atoms with Gasteiger partial charge in [0.2, 0.25) is 0 Å². The van der Waals surface area contributed by atoms with Crippen molar-refractivity contribution in [3.8, 4) is 0 Å². The van der Waals surface area contributed by atoms with Gasteiger partial charge in [-0.2, -0.15) is 0 Å². The zero-order valence-electron chi connectivity index (χ0n) is 10.0. The van der Waals surface area contributed by atoms with E-state index in [-0.39, 0.29) is 5.82 Å². The Morgan fingerprint density at radius 2 is 2.00 bits per heavy atom. The molecule has 17 heavy (non-hydrogen) atoms. The van der Waals surface area contributed by atoms with E-state index < -0.39 is 0 Å². The first kappa shape index (κ1) is 11.5. The predicted molar refractivity (Wildman–Crippen MR) is 68.1 cm³/mol. The Morgan fingerprint density at radius 1 is 1.29 bits per heavy atom. The molecular weight excluding hydrogens is 237 g/mol. The van der Waals surface area contributed by atoms with Gasteiger partial charge in [-0.25, -0.2) is 4.39 Å². The lowest BCUT2D eigenvalue weighted by Gasteiger charge is -2.27. The van der Waals surface area contributed by atoms with Crippen LogP contribution in [-0.2, 0) is 6.42 Å². The van der Waals surface area contributed by atoms with Gasteiger partial charge in [-0.1, -0.05) is 24.6 Å². The van der Waals surface area contributed by atoms with E-state index >= 15 is 0 Å². The molecular formula is C14H17ClFN. The number of hydrogen-bond donors (Lipinski definition) is 0. The monoisotopic (exact) mass is 253 g/mol. The average molecular weight is 254 g/mol. The Labute approximate surface area is 107 Å². The minimum Gasteiger partial charge on any atom is -0.299 e. The molecule has 1 aliphatic carbocycles. The molecule has 3 heteroatoms. The van der Waals surface area contributed by atoms with Crippen LogP contribution in [0.5, 0.6) is 0 Å². The Morgan fingerprint density at radius 3 is 2.71 bits per heavy atom. The number of nitrogens with zero attached hydrogens (tertiary/aromatic N) is 1. The summed E-state index contributed by atoms with van der Waals surface area (Å²) in [7, 11) is 0. The first-order valence-electron chi connectivity index (χ1n) is 6.39. The van der Waals surface area contributed by atoms with Crippen LogP contribution in [0.4, 0.5) is 4.39 Å². The van der Waals surface area contributed by atoms with E-state index in [1.54, 1.807) is 0 Å². The molecule has 0 saturated carbocycles. The van der Waals surface area contributed by atoms with Gasteiger partial charge in [0.15, 0.2) is 0 Å². The van der Waals surface area contributed by atoms with Crippen molar-refractivity contribution in [3.05, 3.63) is 34.1 Å². The number of halogens is 2. The number of fused-ring (bicyclic) bond motifs is 1. The number of likely N-dealkylation sites (tertiary alicyclic amines) is 1. The molecule has 1 heterocycles. The van der Waals surface area contributed by atoms with E-state index in [0.717, 1.165) is 12.0 Å². The van der Waals surface area contributed by atoms with Crippen LogP contribution in [0.2, 0.25) is 5.02 Å². The molecule has 0 amide bonds. The first-order valence-corrected chi connectivity index (χ1v) is 6.77.